The molecule has 0 radical (unpaired) electrons. The fraction of sp³-hybridized carbons (Fsp3) is 0.500. The van der Waals surface area contributed by atoms with E-state index in [1.807, 2.05) is 0 Å². The third-order valence-corrected chi connectivity index (χ3v) is 4.20. The quantitative estimate of drug-likeness (QED) is 0.231. The molecule has 1 aromatic rings. The summed E-state index contributed by atoms with van der Waals surface area (Å²) in [5.74, 6) is -1.38. The Morgan fingerprint density at radius 2 is 1.88 bits per heavy atom. The topological polar surface area (TPSA) is 180 Å². The number of aldehydes is 1. The fourth-order valence-electron chi connectivity index (χ4n) is 2.81. The van der Waals surface area contributed by atoms with Gasteiger partial charge in [-0.3, -0.25) is 9.59 Å². The highest BCUT2D eigenvalue weighted by atomic mass is 16.7. The van der Waals surface area contributed by atoms with Crippen LogP contribution in [-0.4, -0.2) is 75.1 Å². The number of para-hydroxylation sites is 1. The van der Waals surface area contributed by atoms with Crippen LogP contribution in [0, 0.1) is 0 Å². The lowest BCUT2D eigenvalue weighted by molar-refractivity contribution is -0.323. The van der Waals surface area contributed by atoms with Gasteiger partial charge in [0.05, 0.1) is 13.0 Å². The molecule has 6 atom stereocenters. The van der Waals surface area contributed by atoms with Gasteiger partial charge in [0.2, 0.25) is 0 Å². The Labute approximate surface area is 148 Å². The van der Waals surface area contributed by atoms with E-state index in [1.165, 1.54) is 18.2 Å². The second-order valence-electron chi connectivity index (χ2n) is 5.98. The number of aliphatic carboxylic acids is 1. The number of aliphatic hydroxyl groups excluding tert-OH is 4. The van der Waals surface area contributed by atoms with E-state index in [2.05, 4.69) is 0 Å². The Balaban J connectivity index is 2.42. The fourth-order valence-corrected chi connectivity index (χ4v) is 2.81. The molecule has 0 amide bonds. The number of carbonyl (C=O) groups is 2. The van der Waals surface area contributed by atoms with E-state index in [0.29, 0.717) is 0 Å². The average Bonchev–Trinajstić information content (AvgIpc) is 2.61. The molecule has 1 aromatic carbocycles. The molecule has 0 unspecified atom stereocenters. The molecule has 0 spiro atoms. The molecule has 1 saturated heterocycles. The highest BCUT2D eigenvalue weighted by molar-refractivity contribution is 5.80. The predicted molar refractivity (Wildman–Crippen MR) is 85.7 cm³/mol. The molecular formula is C16H21NO9. The summed E-state index contributed by atoms with van der Waals surface area (Å²) in [5, 5.41) is 48.2. The number of hydrogen-bond acceptors (Lipinski definition) is 9. The monoisotopic (exact) mass is 371 g/mol. The van der Waals surface area contributed by atoms with Crippen molar-refractivity contribution in [3.05, 3.63) is 29.8 Å². The standard InChI is InChI=1S/C16H21NO9/c17-9-4-2-1-3-8(9)16(7-19,5-11(20)21)26-15-14(24)13(23)12(22)10(6-18)25-15/h1-4,7,10,12-15,18,22-24H,5-6,17H2,(H,20,21)/t10-,12-,13+,14-,15+,16-/m1/s1. The number of aliphatic hydroxyl groups is 4. The lowest BCUT2D eigenvalue weighted by atomic mass is 9.89. The van der Waals surface area contributed by atoms with Gasteiger partial charge in [-0.2, -0.15) is 0 Å². The van der Waals surface area contributed by atoms with Crippen molar-refractivity contribution in [3.63, 3.8) is 0 Å². The number of ether oxygens (including phenoxy) is 2. The van der Waals surface area contributed by atoms with Crippen LogP contribution in [0.3, 0.4) is 0 Å². The number of hydrogen-bond donors (Lipinski definition) is 6. The lowest BCUT2D eigenvalue weighted by Crippen LogP contribution is -2.60. The van der Waals surface area contributed by atoms with Gasteiger partial charge in [-0.1, -0.05) is 18.2 Å². The third-order valence-electron chi connectivity index (χ3n) is 4.20. The minimum Gasteiger partial charge on any atom is -0.481 e. The zero-order valence-corrected chi connectivity index (χ0v) is 13.6. The number of rotatable bonds is 7. The second-order valence-corrected chi connectivity index (χ2v) is 5.98. The summed E-state index contributed by atoms with van der Waals surface area (Å²) in [7, 11) is 0. The minimum absolute atomic E-state index is 0.0364. The van der Waals surface area contributed by atoms with Crippen molar-refractivity contribution in [2.24, 2.45) is 0 Å². The first-order chi connectivity index (χ1) is 12.3. The van der Waals surface area contributed by atoms with Crippen LogP contribution in [0.25, 0.3) is 0 Å². The van der Waals surface area contributed by atoms with E-state index in [0.717, 1.165) is 0 Å². The molecule has 0 saturated carbocycles. The molecule has 1 aliphatic heterocycles. The van der Waals surface area contributed by atoms with Gasteiger partial charge in [0.25, 0.3) is 0 Å². The summed E-state index contributed by atoms with van der Waals surface area (Å²) < 4.78 is 10.7. The molecule has 1 heterocycles. The van der Waals surface area contributed by atoms with Crippen LogP contribution < -0.4 is 5.73 Å². The summed E-state index contributed by atoms with van der Waals surface area (Å²) in [4.78, 5) is 23.2. The molecule has 2 rings (SSSR count). The number of nitrogens with two attached hydrogens (primary N) is 1. The maximum absolute atomic E-state index is 11.9. The predicted octanol–water partition coefficient (Wildman–Crippen LogP) is -2.05. The van der Waals surface area contributed by atoms with Gasteiger partial charge in [-0.05, 0) is 6.07 Å². The van der Waals surface area contributed by atoms with Gasteiger partial charge in [0.15, 0.2) is 18.2 Å². The van der Waals surface area contributed by atoms with Gasteiger partial charge in [-0.25, -0.2) is 0 Å². The van der Waals surface area contributed by atoms with E-state index < -0.39 is 55.3 Å². The second kappa shape index (κ2) is 8.08. The van der Waals surface area contributed by atoms with Crippen molar-refractivity contribution < 1.29 is 44.6 Å². The summed E-state index contributed by atoms with van der Waals surface area (Å²) in [6, 6.07) is 5.91. The average molecular weight is 371 g/mol. The number of carbonyl (C=O) groups excluding carboxylic acids is 1. The van der Waals surface area contributed by atoms with Crippen molar-refractivity contribution in [2.45, 2.75) is 42.7 Å². The van der Waals surface area contributed by atoms with E-state index in [9.17, 15) is 35.1 Å². The number of benzene rings is 1. The highest BCUT2D eigenvalue weighted by Crippen LogP contribution is 2.36. The first-order valence-electron chi connectivity index (χ1n) is 7.77. The Morgan fingerprint density at radius 3 is 2.42 bits per heavy atom. The van der Waals surface area contributed by atoms with Gasteiger partial charge in [-0.15, -0.1) is 0 Å². The van der Waals surface area contributed by atoms with Crippen LogP contribution in [0.1, 0.15) is 12.0 Å². The van der Waals surface area contributed by atoms with Crippen molar-refractivity contribution >= 4 is 17.9 Å². The Morgan fingerprint density at radius 1 is 1.23 bits per heavy atom. The van der Waals surface area contributed by atoms with Gasteiger partial charge in [0, 0.05) is 11.3 Å². The molecule has 0 bridgehead atoms. The molecule has 10 nitrogen and oxygen atoms in total. The van der Waals surface area contributed by atoms with Gasteiger partial charge >= 0.3 is 5.97 Å². The van der Waals surface area contributed by atoms with Crippen LogP contribution in [0.15, 0.2) is 24.3 Å². The summed E-state index contributed by atoms with van der Waals surface area (Å²) >= 11 is 0. The molecule has 0 aromatic heterocycles. The smallest absolute Gasteiger partial charge is 0.307 e. The van der Waals surface area contributed by atoms with Crippen LogP contribution in [0.4, 0.5) is 5.69 Å². The van der Waals surface area contributed by atoms with Gasteiger partial charge in [0.1, 0.15) is 24.4 Å². The number of carboxylic acid groups (broad SMARTS) is 1. The Hall–Kier alpha value is -2.08. The van der Waals surface area contributed by atoms with Crippen LogP contribution in [-0.2, 0) is 24.7 Å². The van der Waals surface area contributed by atoms with Crippen molar-refractivity contribution in [2.75, 3.05) is 12.3 Å². The van der Waals surface area contributed by atoms with Crippen LogP contribution >= 0.6 is 0 Å². The molecule has 1 fully saturated rings. The Bertz CT molecular complexity index is 652. The minimum atomic E-state index is -2.12. The number of carboxylic acids is 1. The normalized spacial score (nSPS) is 31.2. The number of anilines is 1. The summed E-state index contributed by atoms with van der Waals surface area (Å²) in [6.45, 7) is -0.703. The molecule has 1 aliphatic rings. The lowest BCUT2D eigenvalue weighted by Gasteiger charge is -2.42. The SMILES string of the molecule is Nc1ccccc1[C@](C=O)(CC(=O)O)O[C@@H]1O[C@H](CO)[C@@H](O)[C@H](O)[C@H]1O. The first kappa shape index (κ1) is 20.2. The third kappa shape index (κ3) is 3.85. The first-order valence-corrected chi connectivity index (χ1v) is 7.77. The largest absolute Gasteiger partial charge is 0.481 e. The molecular weight excluding hydrogens is 350 g/mol. The van der Waals surface area contributed by atoms with Crippen molar-refractivity contribution in [1.82, 2.24) is 0 Å². The molecule has 0 aliphatic carbocycles. The van der Waals surface area contributed by atoms with Crippen LogP contribution in [0.2, 0.25) is 0 Å². The Kier molecular flexibility index (Phi) is 6.29. The van der Waals surface area contributed by atoms with Crippen LogP contribution in [0.5, 0.6) is 0 Å². The van der Waals surface area contributed by atoms with E-state index in [1.54, 1.807) is 6.07 Å². The van der Waals surface area contributed by atoms with E-state index in [-0.39, 0.29) is 17.5 Å². The highest BCUT2D eigenvalue weighted by Gasteiger charge is 2.49. The summed E-state index contributed by atoms with van der Waals surface area (Å²) in [5.41, 5.74) is 3.83. The molecule has 7 N–H and O–H groups in total. The van der Waals surface area contributed by atoms with Gasteiger partial charge < -0.3 is 40.7 Å². The molecule has 10 heteroatoms. The summed E-state index contributed by atoms with van der Waals surface area (Å²) in [6.07, 6.45) is -8.76. The molecule has 144 valence electrons. The zero-order chi connectivity index (χ0) is 19.5. The van der Waals surface area contributed by atoms with Crippen molar-refractivity contribution in [1.29, 1.82) is 0 Å². The number of nitrogen functional groups attached to an aromatic ring is 1. The van der Waals surface area contributed by atoms with E-state index in [4.69, 9.17) is 15.2 Å². The van der Waals surface area contributed by atoms with Crippen molar-refractivity contribution in [3.8, 4) is 0 Å². The maximum atomic E-state index is 11.9. The zero-order valence-electron chi connectivity index (χ0n) is 13.6. The van der Waals surface area contributed by atoms with E-state index >= 15 is 0 Å². The maximum Gasteiger partial charge on any atom is 0.307 e. The molecule has 26 heavy (non-hydrogen) atoms.